The van der Waals surface area contributed by atoms with Crippen LogP contribution in [0.2, 0.25) is 0 Å². The normalized spacial score (nSPS) is 15.5. The number of carbonyl (C=O) groups is 2. The van der Waals surface area contributed by atoms with E-state index in [1.54, 1.807) is 0 Å². The summed E-state index contributed by atoms with van der Waals surface area (Å²) in [4.78, 5) is 35.3. The van der Waals surface area contributed by atoms with Crippen LogP contribution in [0.25, 0.3) is 0 Å². The van der Waals surface area contributed by atoms with Gasteiger partial charge in [0.25, 0.3) is 11.6 Å². The molecule has 9 nitrogen and oxygen atoms in total. The molecule has 2 N–H and O–H groups in total. The number of nitrogens with one attached hydrogen (secondary N) is 2. The van der Waals surface area contributed by atoms with Crippen LogP contribution in [0.5, 0.6) is 0 Å². The van der Waals surface area contributed by atoms with Crippen molar-refractivity contribution in [3.63, 3.8) is 0 Å². The summed E-state index contributed by atoms with van der Waals surface area (Å²) in [5, 5.41) is 17.1. The molecule has 1 aliphatic rings. The molecule has 1 amide bonds. The Balaban J connectivity index is 1.99. The molecule has 0 radical (unpaired) electrons. The van der Waals surface area contributed by atoms with E-state index in [-0.39, 0.29) is 28.9 Å². The second-order valence-corrected chi connectivity index (χ2v) is 6.80. The van der Waals surface area contributed by atoms with Crippen molar-refractivity contribution in [3.8, 4) is 0 Å². The summed E-state index contributed by atoms with van der Waals surface area (Å²) in [6.07, 6.45) is 4.20. The fourth-order valence-corrected chi connectivity index (χ4v) is 3.09. The molecule has 0 heterocycles. The van der Waals surface area contributed by atoms with Gasteiger partial charge >= 0.3 is 5.97 Å². The van der Waals surface area contributed by atoms with Gasteiger partial charge in [-0.1, -0.05) is 19.3 Å². The van der Waals surface area contributed by atoms with Crippen LogP contribution in [0, 0.1) is 10.1 Å². The Hall–Kier alpha value is -2.68. The molecule has 0 spiro atoms. The molecular formula is C19H27N3O6. The minimum absolute atomic E-state index is 0.0151. The van der Waals surface area contributed by atoms with Crippen LogP contribution in [0.15, 0.2) is 18.2 Å². The molecule has 0 aliphatic heterocycles. The Morgan fingerprint density at radius 1 is 1.29 bits per heavy atom. The number of esters is 1. The van der Waals surface area contributed by atoms with E-state index in [1.165, 1.54) is 32.6 Å². The molecule has 1 saturated carbocycles. The SMILES string of the molecule is COCCNc1ccc(C(=O)O[C@H](C)C(=O)NC2CCCCC2)cc1[N+](=O)[O-]. The van der Waals surface area contributed by atoms with Crippen LogP contribution in [-0.2, 0) is 14.3 Å². The fraction of sp³-hybridized carbons (Fsp3) is 0.579. The van der Waals surface area contributed by atoms with Gasteiger partial charge in [-0.3, -0.25) is 14.9 Å². The topological polar surface area (TPSA) is 120 Å². The molecule has 9 heteroatoms. The first-order valence-corrected chi connectivity index (χ1v) is 9.45. The summed E-state index contributed by atoms with van der Waals surface area (Å²) in [6, 6.07) is 4.12. The van der Waals surface area contributed by atoms with E-state index < -0.39 is 17.0 Å². The summed E-state index contributed by atoms with van der Waals surface area (Å²) < 4.78 is 10.1. The highest BCUT2D eigenvalue weighted by atomic mass is 16.6. The molecule has 1 fully saturated rings. The molecule has 0 aromatic heterocycles. The molecule has 0 unspecified atom stereocenters. The van der Waals surface area contributed by atoms with Crippen molar-refractivity contribution in [2.24, 2.45) is 0 Å². The van der Waals surface area contributed by atoms with E-state index in [1.807, 2.05) is 0 Å². The van der Waals surface area contributed by atoms with E-state index in [9.17, 15) is 19.7 Å². The maximum Gasteiger partial charge on any atom is 0.339 e. The standard InChI is InChI=1S/C19H27N3O6/c1-13(18(23)21-15-6-4-3-5-7-15)28-19(24)14-8-9-16(20-10-11-27-2)17(12-14)22(25)26/h8-9,12-13,15,20H,3-7,10-11H2,1-2H3,(H,21,23)/t13-/m1/s1. The summed E-state index contributed by atoms with van der Waals surface area (Å²) in [5.41, 5.74) is 0.0489. The number of anilines is 1. The monoisotopic (exact) mass is 393 g/mol. The van der Waals surface area contributed by atoms with Gasteiger partial charge in [0.2, 0.25) is 0 Å². The average molecular weight is 393 g/mol. The third kappa shape index (κ3) is 6.19. The number of nitro benzene ring substituents is 1. The predicted molar refractivity (Wildman–Crippen MR) is 103 cm³/mol. The van der Waals surface area contributed by atoms with E-state index in [2.05, 4.69) is 10.6 Å². The second kappa shape index (κ2) is 10.6. The number of carbonyl (C=O) groups excluding carboxylic acids is 2. The third-order valence-electron chi connectivity index (χ3n) is 4.66. The van der Waals surface area contributed by atoms with Crippen LogP contribution < -0.4 is 10.6 Å². The van der Waals surface area contributed by atoms with Gasteiger partial charge in [0.1, 0.15) is 5.69 Å². The van der Waals surface area contributed by atoms with Crippen molar-refractivity contribution in [2.75, 3.05) is 25.6 Å². The van der Waals surface area contributed by atoms with E-state index in [0.29, 0.717) is 13.2 Å². The lowest BCUT2D eigenvalue weighted by Gasteiger charge is -2.24. The van der Waals surface area contributed by atoms with Crippen molar-refractivity contribution in [1.29, 1.82) is 0 Å². The molecule has 0 bridgehead atoms. The zero-order chi connectivity index (χ0) is 20.5. The first kappa shape index (κ1) is 21.6. The van der Waals surface area contributed by atoms with Gasteiger partial charge in [-0.25, -0.2) is 4.79 Å². The number of hydrogen-bond acceptors (Lipinski definition) is 7. The summed E-state index contributed by atoms with van der Waals surface area (Å²) >= 11 is 0. The van der Waals surface area contributed by atoms with Crippen molar-refractivity contribution in [2.45, 2.75) is 51.2 Å². The molecular weight excluding hydrogens is 366 g/mol. The molecule has 2 rings (SSSR count). The number of hydrogen-bond donors (Lipinski definition) is 2. The summed E-state index contributed by atoms with van der Waals surface area (Å²) in [7, 11) is 1.53. The van der Waals surface area contributed by atoms with E-state index >= 15 is 0 Å². The van der Waals surface area contributed by atoms with Crippen LogP contribution >= 0.6 is 0 Å². The molecule has 1 aromatic rings. The number of benzene rings is 1. The highest BCUT2D eigenvalue weighted by molar-refractivity contribution is 5.93. The van der Waals surface area contributed by atoms with Gasteiger partial charge in [-0.05, 0) is 31.9 Å². The number of amides is 1. The molecule has 1 aromatic carbocycles. The largest absolute Gasteiger partial charge is 0.449 e. The van der Waals surface area contributed by atoms with Gasteiger partial charge in [-0.15, -0.1) is 0 Å². The van der Waals surface area contributed by atoms with Crippen molar-refractivity contribution in [3.05, 3.63) is 33.9 Å². The minimum Gasteiger partial charge on any atom is -0.449 e. The van der Waals surface area contributed by atoms with Crippen LogP contribution in [0.3, 0.4) is 0 Å². The number of nitro groups is 1. The van der Waals surface area contributed by atoms with Crippen LogP contribution in [-0.4, -0.2) is 49.2 Å². The lowest BCUT2D eigenvalue weighted by atomic mass is 9.95. The fourth-order valence-electron chi connectivity index (χ4n) is 3.09. The molecule has 1 atom stereocenters. The highest BCUT2D eigenvalue weighted by Crippen LogP contribution is 2.26. The van der Waals surface area contributed by atoms with Crippen molar-refractivity contribution in [1.82, 2.24) is 5.32 Å². The maximum absolute atomic E-state index is 12.3. The number of nitrogens with zero attached hydrogens (tertiary/aromatic N) is 1. The molecule has 28 heavy (non-hydrogen) atoms. The predicted octanol–water partition coefficient (Wildman–Crippen LogP) is 2.65. The average Bonchev–Trinajstić information content (AvgIpc) is 2.68. The molecule has 0 saturated heterocycles. The Morgan fingerprint density at radius 2 is 2.00 bits per heavy atom. The number of ether oxygens (including phenoxy) is 2. The first-order valence-electron chi connectivity index (χ1n) is 9.45. The lowest BCUT2D eigenvalue weighted by Crippen LogP contribution is -2.42. The Morgan fingerprint density at radius 3 is 2.64 bits per heavy atom. The smallest absolute Gasteiger partial charge is 0.339 e. The van der Waals surface area contributed by atoms with Gasteiger partial charge < -0.3 is 20.1 Å². The molecule has 1 aliphatic carbocycles. The number of methoxy groups -OCH3 is 1. The first-order chi connectivity index (χ1) is 13.4. The van der Waals surface area contributed by atoms with Gasteiger partial charge in [0, 0.05) is 25.8 Å². The Kier molecular flexibility index (Phi) is 8.19. The Bertz CT molecular complexity index is 703. The van der Waals surface area contributed by atoms with Crippen molar-refractivity contribution >= 4 is 23.3 Å². The zero-order valence-electron chi connectivity index (χ0n) is 16.2. The summed E-state index contributed by atoms with van der Waals surface area (Å²) in [5.74, 6) is -1.13. The van der Waals surface area contributed by atoms with Gasteiger partial charge in [0.15, 0.2) is 6.10 Å². The van der Waals surface area contributed by atoms with Crippen LogP contribution in [0.4, 0.5) is 11.4 Å². The number of rotatable bonds is 9. The minimum atomic E-state index is -0.979. The maximum atomic E-state index is 12.3. The second-order valence-electron chi connectivity index (χ2n) is 6.80. The lowest BCUT2D eigenvalue weighted by molar-refractivity contribution is -0.384. The zero-order valence-corrected chi connectivity index (χ0v) is 16.2. The van der Waals surface area contributed by atoms with Gasteiger partial charge in [0.05, 0.1) is 17.1 Å². The van der Waals surface area contributed by atoms with Crippen LogP contribution in [0.1, 0.15) is 49.4 Å². The highest BCUT2D eigenvalue weighted by Gasteiger charge is 2.24. The third-order valence-corrected chi connectivity index (χ3v) is 4.66. The van der Waals surface area contributed by atoms with E-state index in [4.69, 9.17) is 9.47 Å². The Labute approximate surface area is 163 Å². The van der Waals surface area contributed by atoms with Gasteiger partial charge in [-0.2, -0.15) is 0 Å². The molecule has 154 valence electrons. The quantitative estimate of drug-likeness (QED) is 0.286. The van der Waals surface area contributed by atoms with E-state index in [0.717, 1.165) is 31.7 Å². The summed E-state index contributed by atoms with van der Waals surface area (Å²) in [6.45, 7) is 2.26. The van der Waals surface area contributed by atoms with Crippen molar-refractivity contribution < 1.29 is 24.0 Å².